The molecule has 102 valence electrons. The van der Waals surface area contributed by atoms with E-state index in [0.717, 1.165) is 12.8 Å². The zero-order valence-electron chi connectivity index (χ0n) is 11.5. The van der Waals surface area contributed by atoms with Gasteiger partial charge in [-0.1, -0.05) is 19.3 Å². The molecule has 4 nitrogen and oxygen atoms in total. The summed E-state index contributed by atoms with van der Waals surface area (Å²) >= 11 is 0. The normalized spacial score (nSPS) is 11.3. The van der Waals surface area contributed by atoms with Gasteiger partial charge in [0.2, 0.25) is 0 Å². The fourth-order valence-electron chi connectivity index (χ4n) is 1.71. The maximum atomic E-state index is 12.1. The average molecular weight is 261 g/mol. The van der Waals surface area contributed by atoms with E-state index in [4.69, 9.17) is 15.9 Å². The molecule has 0 bridgehead atoms. The van der Waals surface area contributed by atoms with Crippen molar-refractivity contribution in [2.45, 2.75) is 25.8 Å². The topological polar surface area (TPSA) is 47.6 Å². The van der Waals surface area contributed by atoms with E-state index in [-0.39, 0.29) is 11.9 Å². The third-order valence-electron chi connectivity index (χ3n) is 2.74. The second-order valence-electron chi connectivity index (χ2n) is 4.05. The molecule has 4 heteroatoms. The number of benzene rings is 1. The molecule has 0 heterocycles. The third kappa shape index (κ3) is 3.92. The van der Waals surface area contributed by atoms with Crippen LogP contribution in [0, 0.1) is 12.3 Å². The lowest BCUT2D eigenvalue weighted by molar-refractivity contribution is 0.0941. The van der Waals surface area contributed by atoms with Gasteiger partial charge in [0.25, 0.3) is 5.91 Å². The molecule has 1 aromatic carbocycles. The molecule has 1 amide bonds. The largest absolute Gasteiger partial charge is 0.497 e. The number of hydrogen-bond donors (Lipinski definition) is 1. The highest BCUT2D eigenvalue weighted by Crippen LogP contribution is 2.24. The van der Waals surface area contributed by atoms with Crippen LogP contribution in [-0.4, -0.2) is 26.2 Å². The number of rotatable bonds is 6. The van der Waals surface area contributed by atoms with Gasteiger partial charge in [0.15, 0.2) is 0 Å². The zero-order chi connectivity index (χ0) is 14.3. The Morgan fingerprint density at radius 2 is 2.16 bits per heavy atom. The summed E-state index contributed by atoms with van der Waals surface area (Å²) in [6.45, 7) is 2.02. The third-order valence-corrected chi connectivity index (χ3v) is 2.74. The molecule has 0 aliphatic rings. The van der Waals surface area contributed by atoms with Gasteiger partial charge in [0, 0.05) is 6.07 Å². The van der Waals surface area contributed by atoms with Gasteiger partial charge < -0.3 is 14.8 Å². The first-order chi connectivity index (χ1) is 9.15. The molecule has 0 saturated carbocycles. The van der Waals surface area contributed by atoms with Crippen LogP contribution in [0.1, 0.15) is 30.1 Å². The van der Waals surface area contributed by atoms with Crippen molar-refractivity contribution in [1.29, 1.82) is 0 Å². The molecule has 0 saturated heterocycles. The first kappa shape index (κ1) is 14.9. The molecule has 1 aromatic rings. The summed E-state index contributed by atoms with van der Waals surface area (Å²) in [5, 5.41) is 2.80. The molecule has 1 N–H and O–H groups in total. The summed E-state index contributed by atoms with van der Waals surface area (Å²) < 4.78 is 10.3. The minimum atomic E-state index is -0.260. The predicted molar refractivity (Wildman–Crippen MR) is 74.5 cm³/mol. The summed E-state index contributed by atoms with van der Waals surface area (Å²) in [6.07, 6.45) is 7.05. The van der Waals surface area contributed by atoms with Crippen LogP contribution >= 0.6 is 0 Å². The van der Waals surface area contributed by atoms with E-state index in [1.54, 1.807) is 25.3 Å². The van der Waals surface area contributed by atoms with E-state index in [1.807, 2.05) is 6.92 Å². The maximum absolute atomic E-state index is 12.1. The van der Waals surface area contributed by atoms with Gasteiger partial charge in [-0.25, -0.2) is 0 Å². The van der Waals surface area contributed by atoms with E-state index in [9.17, 15) is 4.79 Å². The average Bonchev–Trinajstić information content (AvgIpc) is 2.45. The molecule has 19 heavy (non-hydrogen) atoms. The van der Waals surface area contributed by atoms with Crippen molar-refractivity contribution in [3.8, 4) is 23.8 Å². The number of carbonyl (C=O) groups is 1. The van der Waals surface area contributed by atoms with Gasteiger partial charge in [-0.05, 0) is 18.6 Å². The van der Waals surface area contributed by atoms with Crippen LogP contribution in [0.5, 0.6) is 11.5 Å². The Labute approximate surface area is 114 Å². The van der Waals surface area contributed by atoms with E-state index in [1.165, 1.54) is 7.11 Å². The number of ether oxygens (including phenoxy) is 2. The van der Waals surface area contributed by atoms with E-state index in [2.05, 4.69) is 11.2 Å². The van der Waals surface area contributed by atoms with Gasteiger partial charge in [0.05, 0.1) is 25.8 Å². The summed E-state index contributed by atoms with van der Waals surface area (Å²) in [5.74, 6) is 3.42. The number of hydrogen-bond acceptors (Lipinski definition) is 3. The number of amides is 1. The Bertz CT molecular complexity index is 477. The van der Waals surface area contributed by atoms with Crippen LogP contribution in [0.25, 0.3) is 0 Å². The molecule has 0 spiro atoms. The fraction of sp³-hybridized carbons (Fsp3) is 0.400. The molecule has 0 aliphatic carbocycles. The zero-order valence-corrected chi connectivity index (χ0v) is 11.5. The van der Waals surface area contributed by atoms with Gasteiger partial charge >= 0.3 is 0 Å². The molecule has 0 fully saturated rings. The predicted octanol–water partition coefficient (Wildman–Crippen LogP) is 2.24. The lowest BCUT2D eigenvalue weighted by atomic mass is 10.1. The number of nitrogens with one attached hydrogen (secondary N) is 1. The number of terminal acetylenes is 1. The number of carbonyl (C=O) groups excluding carboxylic acids is 1. The fourth-order valence-corrected chi connectivity index (χ4v) is 1.71. The molecule has 1 unspecified atom stereocenters. The van der Waals surface area contributed by atoms with Gasteiger partial charge in [-0.2, -0.15) is 0 Å². The van der Waals surface area contributed by atoms with Crippen LogP contribution < -0.4 is 14.8 Å². The van der Waals surface area contributed by atoms with Crippen LogP contribution in [-0.2, 0) is 0 Å². The van der Waals surface area contributed by atoms with Crippen LogP contribution in [0.15, 0.2) is 18.2 Å². The number of methoxy groups -OCH3 is 2. The van der Waals surface area contributed by atoms with Gasteiger partial charge in [-0.15, -0.1) is 6.42 Å². The molecule has 1 atom stereocenters. The monoisotopic (exact) mass is 261 g/mol. The smallest absolute Gasteiger partial charge is 0.256 e. The van der Waals surface area contributed by atoms with Crippen molar-refractivity contribution >= 4 is 5.91 Å². The maximum Gasteiger partial charge on any atom is 0.256 e. The Balaban J connectivity index is 2.90. The van der Waals surface area contributed by atoms with Crippen molar-refractivity contribution in [2.24, 2.45) is 0 Å². The lowest BCUT2D eigenvalue weighted by Crippen LogP contribution is -2.33. The first-order valence-electron chi connectivity index (χ1n) is 6.15. The summed E-state index contributed by atoms with van der Waals surface area (Å²) in [7, 11) is 3.07. The molecule has 0 aliphatic heterocycles. The highest BCUT2D eigenvalue weighted by molar-refractivity contribution is 5.97. The minimum Gasteiger partial charge on any atom is -0.497 e. The van der Waals surface area contributed by atoms with Crippen molar-refractivity contribution in [2.75, 3.05) is 14.2 Å². The SMILES string of the molecule is C#CC(CCC)NC(=O)c1ccc(OC)cc1OC. The second-order valence-corrected chi connectivity index (χ2v) is 4.05. The Hall–Kier alpha value is -2.15. The molecule has 0 aromatic heterocycles. The first-order valence-corrected chi connectivity index (χ1v) is 6.15. The van der Waals surface area contributed by atoms with Crippen LogP contribution in [0.3, 0.4) is 0 Å². The van der Waals surface area contributed by atoms with Crippen molar-refractivity contribution in [3.05, 3.63) is 23.8 Å². The Kier molecular flexibility index (Phi) is 5.74. The lowest BCUT2D eigenvalue weighted by Gasteiger charge is -2.14. The van der Waals surface area contributed by atoms with Crippen LogP contribution in [0.2, 0.25) is 0 Å². The van der Waals surface area contributed by atoms with Crippen molar-refractivity contribution in [1.82, 2.24) is 5.32 Å². The minimum absolute atomic E-state index is 0.240. The van der Waals surface area contributed by atoms with Crippen molar-refractivity contribution < 1.29 is 14.3 Å². The Morgan fingerprint density at radius 3 is 2.68 bits per heavy atom. The molecule has 0 radical (unpaired) electrons. The Morgan fingerprint density at radius 1 is 1.42 bits per heavy atom. The van der Waals surface area contributed by atoms with E-state index in [0.29, 0.717) is 17.1 Å². The molecular formula is C15H19NO3. The van der Waals surface area contributed by atoms with Crippen molar-refractivity contribution in [3.63, 3.8) is 0 Å². The highest BCUT2D eigenvalue weighted by Gasteiger charge is 2.15. The standard InChI is InChI=1S/C15H19NO3/c1-5-7-11(6-2)16-15(17)13-9-8-12(18-3)10-14(13)19-4/h2,8-11H,5,7H2,1,3-4H3,(H,16,17). The van der Waals surface area contributed by atoms with Crippen LogP contribution in [0.4, 0.5) is 0 Å². The van der Waals surface area contributed by atoms with E-state index >= 15 is 0 Å². The van der Waals surface area contributed by atoms with Gasteiger partial charge in [-0.3, -0.25) is 4.79 Å². The summed E-state index contributed by atoms with van der Waals surface area (Å²) in [4.78, 5) is 12.1. The molecule has 1 rings (SSSR count). The summed E-state index contributed by atoms with van der Waals surface area (Å²) in [5.41, 5.74) is 0.444. The van der Waals surface area contributed by atoms with E-state index < -0.39 is 0 Å². The summed E-state index contributed by atoms with van der Waals surface area (Å²) in [6, 6.07) is 4.78. The quantitative estimate of drug-likeness (QED) is 0.799. The molecular weight excluding hydrogens is 242 g/mol. The van der Waals surface area contributed by atoms with Gasteiger partial charge in [0.1, 0.15) is 11.5 Å². The highest BCUT2D eigenvalue weighted by atomic mass is 16.5. The second kappa shape index (κ2) is 7.32.